The molecule has 7 nitrogen and oxygen atoms in total. The first-order chi connectivity index (χ1) is 15.9. The molecule has 1 aliphatic heterocycles. The van der Waals surface area contributed by atoms with Crippen LogP contribution in [0.4, 0.5) is 5.69 Å². The molecule has 0 atom stereocenters. The molecule has 3 rings (SSSR count). The number of carbonyl (C=O) groups is 2. The van der Waals surface area contributed by atoms with Crippen LogP contribution >= 0.6 is 0 Å². The van der Waals surface area contributed by atoms with Gasteiger partial charge in [0.2, 0.25) is 10.0 Å². The fraction of sp³-hybridized carbons (Fsp3) is 0.462. The van der Waals surface area contributed by atoms with Crippen molar-refractivity contribution in [1.29, 1.82) is 0 Å². The van der Waals surface area contributed by atoms with Gasteiger partial charge in [-0.3, -0.25) is 9.59 Å². The molecule has 0 spiro atoms. The van der Waals surface area contributed by atoms with Gasteiger partial charge in [-0.25, -0.2) is 8.42 Å². The Labute approximate surface area is 202 Å². The van der Waals surface area contributed by atoms with Crippen molar-refractivity contribution in [2.24, 2.45) is 5.92 Å². The van der Waals surface area contributed by atoms with Crippen LogP contribution in [0.1, 0.15) is 46.2 Å². The van der Waals surface area contributed by atoms with Crippen molar-refractivity contribution in [1.82, 2.24) is 4.31 Å². The van der Waals surface area contributed by atoms with Crippen molar-refractivity contribution >= 4 is 27.6 Å². The zero-order valence-corrected chi connectivity index (χ0v) is 21.6. The number of hydrogen-bond acceptors (Lipinski definition) is 5. The van der Waals surface area contributed by atoms with Gasteiger partial charge in [0.25, 0.3) is 5.91 Å². The molecule has 8 heteroatoms. The lowest BCUT2D eigenvalue weighted by molar-refractivity contribution is -0.152. The predicted octanol–water partition coefficient (Wildman–Crippen LogP) is 4.12. The number of nitrogens with one attached hydrogen (secondary N) is 1. The van der Waals surface area contributed by atoms with E-state index in [1.54, 1.807) is 0 Å². The number of ether oxygens (including phenoxy) is 1. The van der Waals surface area contributed by atoms with Gasteiger partial charge < -0.3 is 10.1 Å². The Hall–Kier alpha value is -2.71. The summed E-state index contributed by atoms with van der Waals surface area (Å²) in [5.74, 6) is -1.29. The van der Waals surface area contributed by atoms with E-state index in [9.17, 15) is 18.0 Å². The summed E-state index contributed by atoms with van der Waals surface area (Å²) in [6, 6.07) is 7.72. The van der Waals surface area contributed by atoms with Crippen LogP contribution in [0.5, 0.6) is 0 Å². The van der Waals surface area contributed by atoms with Crippen molar-refractivity contribution in [2.75, 3.05) is 25.0 Å². The highest BCUT2D eigenvalue weighted by Gasteiger charge is 2.35. The van der Waals surface area contributed by atoms with Gasteiger partial charge in [0.15, 0.2) is 6.61 Å². The first kappa shape index (κ1) is 25.9. The van der Waals surface area contributed by atoms with Gasteiger partial charge in [-0.2, -0.15) is 4.31 Å². The quantitative estimate of drug-likeness (QED) is 0.620. The van der Waals surface area contributed by atoms with Gasteiger partial charge in [0.05, 0.1) is 10.8 Å². The maximum atomic E-state index is 13.4. The van der Waals surface area contributed by atoms with Gasteiger partial charge in [0.1, 0.15) is 0 Å². The van der Waals surface area contributed by atoms with E-state index in [0.717, 1.165) is 39.1 Å². The first-order valence-electron chi connectivity index (χ1n) is 11.5. The van der Waals surface area contributed by atoms with Gasteiger partial charge in [-0.1, -0.05) is 24.3 Å². The van der Waals surface area contributed by atoms with Crippen molar-refractivity contribution in [3.05, 3.63) is 57.6 Å². The Balaban J connectivity index is 1.58. The maximum Gasteiger partial charge on any atom is 0.309 e. The normalized spacial score (nSPS) is 15.2. The second kappa shape index (κ2) is 10.3. The molecule has 1 fully saturated rings. The zero-order valence-electron chi connectivity index (χ0n) is 20.8. The molecular weight excluding hydrogens is 452 g/mol. The number of sulfonamides is 1. The lowest BCUT2D eigenvalue weighted by atomic mass is 9.98. The van der Waals surface area contributed by atoms with Crippen LogP contribution in [-0.4, -0.2) is 44.3 Å². The molecule has 0 aliphatic carbocycles. The fourth-order valence-corrected chi connectivity index (χ4v) is 6.52. The third kappa shape index (κ3) is 5.33. The summed E-state index contributed by atoms with van der Waals surface area (Å²) < 4.78 is 33.5. The number of amides is 1. The summed E-state index contributed by atoms with van der Waals surface area (Å²) in [7, 11) is -3.67. The van der Waals surface area contributed by atoms with E-state index in [4.69, 9.17) is 4.74 Å². The lowest BCUT2D eigenvalue weighted by Gasteiger charge is -2.31. The largest absolute Gasteiger partial charge is 0.455 e. The van der Waals surface area contributed by atoms with Crippen LogP contribution < -0.4 is 5.32 Å². The van der Waals surface area contributed by atoms with E-state index < -0.39 is 27.8 Å². The number of aryl methyl sites for hydroxylation is 4. The van der Waals surface area contributed by atoms with Gasteiger partial charge in [0, 0.05) is 18.8 Å². The highest BCUT2D eigenvalue weighted by molar-refractivity contribution is 7.89. The van der Waals surface area contributed by atoms with Crippen LogP contribution in [-0.2, 0) is 24.3 Å². The first-order valence-corrected chi connectivity index (χ1v) is 13.0. The fourth-order valence-electron chi connectivity index (χ4n) is 4.47. The summed E-state index contributed by atoms with van der Waals surface area (Å²) in [5.41, 5.74) is 6.00. The molecule has 1 amide bonds. The number of anilines is 1. The second-order valence-corrected chi connectivity index (χ2v) is 11.1. The Morgan fingerprint density at radius 2 is 1.47 bits per heavy atom. The van der Waals surface area contributed by atoms with Crippen molar-refractivity contribution in [3.63, 3.8) is 0 Å². The van der Waals surface area contributed by atoms with Gasteiger partial charge in [-0.05, 0) is 87.8 Å². The summed E-state index contributed by atoms with van der Waals surface area (Å²) >= 11 is 0. The molecule has 2 aromatic rings. The van der Waals surface area contributed by atoms with Crippen LogP contribution in [0.3, 0.4) is 0 Å². The number of carbonyl (C=O) groups excluding carboxylic acids is 2. The summed E-state index contributed by atoms with van der Waals surface area (Å²) in [6.07, 6.45) is 0.721. The molecule has 0 bridgehead atoms. The number of para-hydroxylation sites is 1. The van der Waals surface area contributed by atoms with Crippen LogP contribution in [0.25, 0.3) is 0 Å². The molecule has 1 saturated heterocycles. The third-order valence-electron chi connectivity index (χ3n) is 6.77. The van der Waals surface area contributed by atoms with Crippen molar-refractivity contribution < 1.29 is 22.7 Å². The van der Waals surface area contributed by atoms with E-state index in [1.807, 2.05) is 65.8 Å². The van der Waals surface area contributed by atoms with Crippen molar-refractivity contribution in [3.8, 4) is 0 Å². The minimum Gasteiger partial charge on any atom is -0.455 e. The number of nitrogens with zero attached hydrogens (tertiary/aromatic N) is 1. The SMILES string of the molecule is Cc1cc(C)c(C)c(S(=O)(=O)N2CCC(C(=O)OCC(=O)Nc3c(C)cccc3C)CC2)c1C. The summed E-state index contributed by atoms with van der Waals surface area (Å²) in [6.45, 7) is 11.4. The Bertz CT molecular complexity index is 1170. The molecule has 1 heterocycles. The van der Waals surface area contributed by atoms with Gasteiger partial charge in [-0.15, -0.1) is 0 Å². The standard InChI is InChI=1S/C26H34N2O5S/c1-16-8-7-9-17(2)24(16)27-23(29)15-33-26(30)22-10-12-28(13-11-22)34(31,32)25-20(5)18(3)14-19(4)21(25)6/h7-9,14,22H,10-13,15H2,1-6H3,(H,27,29). The van der Waals surface area contributed by atoms with Crippen molar-refractivity contribution in [2.45, 2.75) is 59.3 Å². The van der Waals surface area contributed by atoms with Crippen LogP contribution in [0, 0.1) is 47.5 Å². The Morgan fingerprint density at radius 1 is 0.941 bits per heavy atom. The molecule has 184 valence electrons. The minimum atomic E-state index is -3.67. The third-order valence-corrected chi connectivity index (χ3v) is 8.95. The number of benzene rings is 2. The Kier molecular flexibility index (Phi) is 7.83. The average Bonchev–Trinajstić information content (AvgIpc) is 2.79. The zero-order chi connectivity index (χ0) is 25.2. The summed E-state index contributed by atoms with van der Waals surface area (Å²) in [4.78, 5) is 25.2. The van der Waals surface area contributed by atoms with E-state index in [0.29, 0.717) is 17.7 Å². The van der Waals surface area contributed by atoms with E-state index in [-0.39, 0.29) is 19.7 Å². The monoisotopic (exact) mass is 486 g/mol. The molecule has 34 heavy (non-hydrogen) atoms. The minimum absolute atomic E-state index is 0.239. The average molecular weight is 487 g/mol. The predicted molar refractivity (Wildman–Crippen MR) is 132 cm³/mol. The molecule has 1 N–H and O–H groups in total. The number of hydrogen-bond donors (Lipinski definition) is 1. The number of rotatable bonds is 6. The van der Waals surface area contributed by atoms with E-state index in [2.05, 4.69) is 5.32 Å². The van der Waals surface area contributed by atoms with Crippen LogP contribution in [0.2, 0.25) is 0 Å². The smallest absolute Gasteiger partial charge is 0.309 e. The molecule has 0 unspecified atom stereocenters. The van der Waals surface area contributed by atoms with E-state index in [1.165, 1.54) is 4.31 Å². The molecule has 0 aromatic heterocycles. The molecule has 2 aromatic carbocycles. The lowest BCUT2D eigenvalue weighted by Crippen LogP contribution is -2.41. The highest BCUT2D eigenvalue weighted by Crippen LogP contribution is 2.31. The molecular formula is C26H34N2O5S. The topological polar surface area (TPSA) is 92.8 Å². The Morgan fingerprint density at radius 3 is 2.00 bits per heavy atom. The highest BCUT2D eigenvalue weighted by atomic mass is 32.2. The van der Waals surface area contributed by atoms with Gasteiger partial charge >= 0.3 is 5.97 Å². The molecule has 1 aliphatic rings. The molecule has 0 radical (unpaired) electrons. The summed E-state index contributed by atoms with van der Waals surface area (Å²) in [5, 5.41) is 2.80. The van der Waals surface area contributed by atoms with E-state index >= 15 is 0 Å². The maximum absolute atomic E-state index is 13.4. The molecule has 0 saturated carbocycles. The van der Waals surface area contributed by atoms with Crippen LogP contribution in [0.15, 0.2) is 29.2 Å². The number of piperidine rings is 1. The second-order valence-electron chi connectivity index (χ2n) is 9.19. The number of esters is 1.